The standard InChI is InChI=1S/C16H23NO4S/c1-12-7-5-8-13(11-12)22(19,20)16(9-6-10-16)17-14(18)21-15(2,3)4/h5,7-8,11H,6,9-10H2,1-4H3,(H,17,18). The van der Waals surface area contributed by atoms with Gasteiger partial charge in [-0.3, -0.25) is 0 Å². The molecule has 6 heteroatoms. The molecule has 0 aliphatic heterocycles. The monoisotopic (exact) mass is 325 g/mol. The van der Waals surface area contributed by atoms with Gasteiger partial charge in [-0.2, -0.15) is 0 Å². The van der Waals surface area contributed by atoms with Gasteiger partial charge in [0.05, 0.1) is 4.90 Å². The van der Waals surface area contributed by atoms with Crippen molar-refractivity contribution >= 4 is 15.9 Å². The van der Waals surface area contributed by atoms with E-state index in [9.17, 15) is 13.2 Å². The van der Waals surface area contributed by atoms with Crippen LogP contribution in [0.4, 0.5) is 4.79 Å². The van der Waals surface area contributed by atoms with Crippen LogP contribution in [-0.2, 0) is 14.6 Å². The maximum atomic E-state index is 12.9. The molecule has 2 rings (SSSR count). The smallest absolute Gasteiger partial charge is 0.408 e. The number of aryl methyl sites for hydroxylation is 1. The number of ether oxygens (including phenoxy) is 1. The molecule has 1 N–H and O–H groups in total. The highest BCUT2D eigenvalue weighted by Gasteiger charge is 2.51. The van der Waals surface area contributed by atoms with Crippen molar-refractivity contribution in [2.24, 2.45) is 0 Å². The molecular weight excluding hydrogens is 302 g/mol. The Bertz CT molecular complexity index is 670. The van der Waals surface area contributed by atoms with Crippen molar-refractivity contribution < 1.29 is 17.9 Å². The van der Waals surface area contributed by atoms with Gasteiger partial charge in [-0.05, 0) is 64.7 Å². The van der Waals surface area contributed by atoms with E-state index in [1.807, 2.05) is 13.0 Å². The summed E-state index contributed by atoms with van der Waals surface area (Å²) in [6, 6.07) is 6.75. The third-order valence-corrected chi connectivity index (χ3v) is 6.12. The number of carbonyl (C=O) groups is 1. The molecule has 1 aliphatic carbocycles. The lowest BCUT2D eigenvalue weighted by atomic mass is 9.92. The molecule has 1 saturated carbocycles. The zero-order chi connectivity index (χ0) is 16.6. The molecule has 1 aromatic carbocycles. The summed E-state index contributed by atoms with van der Waals surface area (Å²) in [5.41, 5.74) is 0.204. The lowest BCUT2D eigenvalue weighted by Crippen LogP contribution is -2.59. The molecule has 5 nitrogen and oxygen atoms in total. The van der Waals surface area contributed by atoms with Crippen LogP contribution in [0.3, 0.4) is 0 Å². The molecule has 0 heterocycles. The van der Waals surface area contributed by atoms with Gasteiger partial charge in [0.25, 0.3) is 0 Å². The minimum Gasteiger partial charge on any atom is -0.444 e. The number of amides is 1. The molecular formula is C16H23NO4S. The van der Waals surface area contributed by atoms with Crippen LogP contribution >= 0.6 is 0 Å². The van der Waals surface area contributed by atoms with Crippen molar-refractivity contribution in [3.63, 3.8) is 0 Å². The van der Waals surface area contributed by atoms with Crippen LogP contribution in [0.5, 0.6) is 0 Å². The number of hydrogen-bond donors (Lipinski definition) is 1. The Hall–Kier alpha value is -1.56. The third-order valence-electron chi connectivity index (χ3n) is 3.70. The quantitative estimate of drug-likeness (QED) is 0.926. The fourth-order valence-electron chi connectivity index (χ4n) is 2.46. The zero-order valence-electron chi connectivity index (χ0n) is 13.5. The van der Waals surface area contributed by atoms with Crippen LogP contribution in [0.2, 0.25) is 0 Å². The second-order valence-electron chi connectivity index (χ2n) is 6.79. The predicted octanol–water partition coefficient (Wildman–Crippen LogP) is 3.17. The maximum absolute atomic E-state index is 12.9. The van der Waals surface area contributed by atoms with Crippen LogP contribution in [0.25, 0.3) is 0 Å². The van der Waals surface area contributed by atoms with Gasteiger partial charge in [-0.1, -0.05) is 12.1 Å². The molecule has 0 atom stereocenters. The van der Waals surface area contributed by atoms with Crippen molar-refractivity contribution in [3.8, 4) is 0 Å². The lowest BCUT2D eigenvalue weighted by molar-refractivity contribution is 0.0454. The summed E-state index contributed by atoms with van der Waals surface area (Å²) in [5, 5.41) is 2.60. The number of carbonyl (C=O) groups excluding carboxylic acids is 1. The number of rotatable bonds is 3. The van der Waals surface area contributed by atoms with Crippen LogP contribution in [0.1, 0.15) is 45.6 Å². The average Bonchev–Trinajstić information content (AvgIpc) is 2.31. The normalized spacial score (nSPS) is 17.5. The van der Waals surface area contributed by atoms with Gasteiger partial charge in [-0.15, -0.1) is 0 Å². The summed E-state index contributed by atoms with van der Waals surface area (Å²) >= 11 is 0. The Kier molecular flexibility index (Phi) is 4.26. The topological polar surface area (TPSA) is 72.5 Å². The Balaban J connectivity index is 2.28. The molecule has 0 radical (unpaired) electrons. The van der Waals surface area contributed by atoms with E-state index in [4.69, 9.17) is 4.74 Å². The van der Waals surface area contributed by atoms with Gasteiger partial charge in [0.1, 0.15) is 10.5 Å². The first-order chi connectivity index (χ1) is 10.1. The van der Waals surface area contributed by atoms with Crippen molar-refractivity contribution in [3.05, 3.63) is 29.8 Å². The molecule has 0 saturated heterocycles. The van der Waals surface area contributed by atoms with Gasteiger partial charge in [0, 0.05) is 0 Å². The molecule has 1 aliphatic rings. The molecule has 1 aromatic rings. The minimum absolute atomic E-state index is 0.239. The SMILES string of the molecule is Cc1cccc(S(=O)(=O)C2(NC(=O)OC(C)(C)C)CCC2)c1. The summed E-state index contributed by atoms with van der Waals surface area (Å²) in [4.78, 5) is 11.0. The first-order valence-corrected chi connectivity index (χ1v) is 8.87. The van der Waals surface area contributed by atoms with Crippen LogP contribution < -0.4 is 5.32 Å². The third kappa shape index (κ3) is 3.27. The molecule has 1 fully saturated rings. The van der Waals surface area contributed by atoms with Crippen molar-refractivity contribution in [2.45, 2.75) is 62.3 Å². The van der Waals surface area contributed by atoms with Gasteiger partial charge in [0.2, 0.25) is 9.84 Å². The highest BCUT2D eigenvalue weighted by Crippen LogP contribution is 2.40. The molecule has 122 valence electrons. The average molecular weight is 325 g/mol. The Morgan fingerprint density at radius 2 is 1.91 bits per heavy atom. The Labute approximate surface area is 132 Å². The second kappa shape index (κ2) is 5.57. The van der Waals surface area contributed by atoms with Gasteiger partial charge < -0.3 is 10.1 Å². The highest BCUT2D eigenvalue weighted by atomic mass is 32.2. The summed E-state index contributed by atoms with van der Waals surface area (Å²) in [5.74, 6) is 0. The molecule has 0 spiro atoms. The van der Waals surface area contributed by atoms with Crippen molar-refractivity contribution in [1.82, 2.24) is 5.32 Å². The first kappa shape index (κ1) is 16.8. The predicted molar refractivity (Wildman–Crippen MR) is 84.3 cm³/mol. The van der Waals surface area contributed by atoms with E-state index < -0.39 is 26.4 Å². The van der Waals surface area contributed by atoms with E-state index in [2.05, 4.69) is 5.32 Å². The van der Waals surface area contributed by atoms with Crippen molar-refractivity contribution in [1.29, 1.82) is 0 Å². The molecule has 22 heavy (non-hydrogen) atoms. The number of sulfone groups is 1. The van der Waals surface area contributed by atoms with E-state index in [1.54, 1.807) is 39.0 Å². The van der Waals surface area contributed by atoms with Crippen LogP contribution in [0, 0.1) is 6.92 Å². The molecule has 0 aromatic heterocycles. The second-order valence-corrected chi connectivity index (χ2v) is 9.05. The Morgan fingerprint density at radius 1 is 1.27 bits per heavy atom. The summed E-state index contributed by atoms with van der Waals surface area (Å²) in [6.07, 6.45) is 0.884. The first-order valence-electron chi connectivity index (χ1n) is 7.38. The van der Waals surface area contributed by atoms with Crippen molar-refractivity contribution in [2.75, 3.05) is 0 Å². The minimum atomic E-state index is -3.65. The summed E-state index contributed by atoms with van der Waals surface area (Å²) in [6.45, 7) is 7.08. The largest absolute Gasteiger partial charge is 0.444 e. The number of benzene rings is 1. The van der Waals surface area contributed by atoms with Crippen LogP contribution in [-0.4, -0.2) is 25.0 Å². The zero-order valence-corrected chi connectivity index (χ0v) is 14.3. The Morgan fingerprint density at radius 3 is 2.36 bits per heavy atom. The van der Waals surface area contributed by atoms with E-state index in [-0.39, 0.29) is 4.90 Å². The van der Waals surface area contributed by atoms with E-state index in [0.717, 1.165) is 12.0 Å². The molecule has 0 unspecified atom stereocenters. The van der Waals surface area contributed by atoms with E-state index >= 15 is 0 Å². The lowest BCUT2D eigenvalue weighted by Gasteiger charge is -2.41. The summed E-state index contributed by atoms with van der Waals surface area (Å²) < 4.78 is 31.0. The number of alkyl carbamates (subject to hydrolysis) is 1. The number of hydrogen-bond acceptors (Lipinski definition) is 4. The fourth-order valence-corrected chi connectivity index (χ4v) is 4.55. The summed E-state index contributed by atoms with van der Waals surface area (Å²) in [7, 11) is -3.65. The van der Waals surface area contributed by atoms with Gasteiger partial charge in [0.15, 0.2) is 0 Å². The fraction of sp³-hybridized carbons (Fsp3) is 0.562. The molecule has 0 bridgehead atoms. The van der Waals surface area contributed by atoms with Gasteiger partial charge in [-0.25, -0.2) is 13.2 Å². The highest BCUT2D eigenvalue weighted by molar-refractivity contribution is 7.92. The number of nitrogens with one attached hydrogen (secondary N) is 1. The van der Waals surface area contributed by atoms with Crippen LogP contribution in [0.15, 0.2) is 29.2 Å². The van der Waals surface area contributed by atoms with Gasteiger partial charge >= 0.3 is 6.09 Å². The maximum Gasteiger partial charge on any atom is 0.408 e. The molecule has 1 amide bonds. The van der Waals surface area contributed by atoms with E-state index in [0.29, 0.717) is 12.8 Å². The van der Waals surface area contributed by atoms with E-state index in [1.165, 1.54) is 0 Å².